The Morgan fingerprint density at radius 3 is 2.07 bits per heavy atom. The summed E-state index contributed by atoms with van der Waals surface area (Å²) in [6.45, 7) is 3.76. The summed E-state index contributed by atoms with van der Waals surface area (Å²) in [5, 5.41) is 7.60. The molecule has 30 heavy (non-hydrogen) atoms. The molecule has 3 rings (SSSR count). The number of nitrogens with zero attached hydrogens (tertiary/aromatic N) is 2. The maximum absolute atomic E-state index is 12.6. The molecule has 0 saturated carbocycles. The smallest absolute Gasteiger partial charge is 0.287 e. The van der Waals surface area contributed by atoms with E-state index < -0.39 is 21.0 Å². The quantitative estimate of drug-likeness (QED) is 0.409. The van der Waals surface area contributed by atoms with E-state index >= 15 is 0 Å². The highest BCUT2D eigenvalue weighted by Gasteiger charge is 2.08. The minimum Gasteiger partial charge on any atom is -0.287 e. The largest absolute Gasteiger partial charge is 0.294 e. The fraction of sp³-hybridized carbons (Fsp3) is 0.100. The molecule has 0 fully saturated rings. The molecule has 3 aromatic rings. The summed E-state index contributed by atoms with van der Waals surface area (Å²) in [6.07, 6.45) is 0. The molecule has 0 bridgehead atoms. The van der Waals surface area contributed by atoms with Crippen LogP contribution in [0.2, 0.25) is 0 Å². The van der Waals surface area contributed by atoms with Crippen LogP contribution in [0.3, 0.4) is 0 Å². The number of nitrogens with one attached hydrogen (secondary N) is 2. The molecule has 0 heterocycles. The van der Waals surface area contributed by atoms with Crippen LogP contribution in [0, 0.1) is 13.8 Å². The third kappa shape index (κ3) is 4.67. The summed E-state index contributed by atoms with van der Waals surface area (Å²) in [6, 6.07) is 13.2. The van der Waals surface area contributed by atoms with Gasteiger partial charge in [0.2, 0.25) is 10.9 Å². The second kappa shape index (κ2) is 8.39. The van der Waals surface area contributed by atoms with E-state index in [4.69, 9.17) is 4.55 Å². The van der Waals surface area contributed by atoms with Crippen molar-refractivity contribution in [1.82, 2.24) is 0 Å². The topological polar surface area (TPSA) is 137 Å². The van der Waals surface area contributed by atoms with E-state index in [2.05, 4.69) is 21.1 Å². The number of para-hydroxylation sites is 1. The normalized spacial score (nSPS) is 12.8. The Morgan fingerprint density at radius 1 is 0.833 bits per heavy atom. The lowest BCUT2D eigenvalue weighted by atomic mass is 10.1. The molecule has 0 saturated heterocycles. The van der Waals surface area contributed by atoms with Gasteiger partial charge in [0.1, 0.15) is 5.36 Å². The second-order valence-electron chi connectivity index (χ2n) is 6.47. The predicted molar refractivity (Wildman–Crippen MR) is 112 cm³/mol. The Kier molecular flexibility index (Phi) is 5.90. The minimum absolute atomic E-state index is 0.0458. The van der Waals surface area contributed by atoms with Gasteiger partial charge in [-0.3, -0.25) is 25.0 Å². The van der Waals surface area contributed by atoms with Crippen molar-refractivity contribution in [3.8, 4) is 0 Å². The Labute approximate surface area is 171 Å². The highest BCUT2D eigenvalue weighted by Crippen LogP contribution is 2.18. The molecule has 154 valence electrons. The molecule has 0 atom stereocenters. The van der Waals surface area contributed by atoms with Crippen molar-refractivity contribution in [3.63, 3.8) is 0 Å². The Morgan fingerprint density at radius 2 is 1.47 bits per heavy atom. The molecule has 0 aliphatic carbocycles. The fourth-order valence-corrected chi connectivity index (χ4v) is 3.15. The lowest BCUT2D eigenvalue weighted by Crippen LogP contribution is -2.48. The van der Waals surface area contributed by atoms with E-state index in [0.29, 0.717) is 11.4 Å². The van der Waals surface area contributed by atoms with E-state index in [0.717, 1.165) is 11.1 Å². The lowest BCUT2D eigenvalue weighted by molar-refractivity contribution is 0.483. The number of hydrogen-bond acceptors (Lipinski definition) is 8. The number of benzene rings is 3. The SMILES string of the molecule is Cc1cccc(C)c1N/N=c1/c(=O)cc/c(=N\Nc2ccc(S(=O)(=O)O)cc2)c1=O. The summed E-state index contributed by atoms with van der Waals surface area (Å²) < 4.78 is 31.1. The molecule has 0 radical (unpaired) electrons. The van der Waals surface area contributed by atoms with Crippen molar-refractivity contribution in [2.45, 2.75) is 18.7 Å². The Balaban J connectivity index is 1.94. The van der Waals surface area contributed by atoms with Crippen LogP contribution in [-0.4, -0.2) is 13.0 Å². The van der Waals surface area contributed by atoms with Crippen LogP contribution in [0.5, 0.6) is 0 Å². The van der Waals surface area contributed by atoms with Crippen LogP contribution in [0.1, 0.15) is 11.1 Å². The first-order valence-electron chi connectivity index (χ1n) is 8.75. The van der Waals surface area contributed by atoms with Crippen molar-refractivity contribution >= 4 is 21.5 Å². The molecular weight excluding hydrogens is 408 g/mol. The summed E-state index contributed by atoms with van der Waals surface area (Å²) in [5.74, 6) is 0. The first kappa shape index (κ1) is 21.1. The van der Waals surface area contributed by atoms with E-state index in [1.165, 1.54) is 36.4 Å². The van der Waals surface area contributed by atoms with Crippen molar-refractivity contribution in [1.29, 1.82) is 0 Å². The van der Waals surface area contributed by atoms with Gasteiger partial charge in [-0.25, -0.2) is 0 Å². The van der Waals surface area contributed by atoms with Gasteiger partial charge in [0.15, 0.2) is 5.36 Å². The lowest BCUT2D eigenvalue weighted by Gasteiger charge is -2.07. The van der Waals surface area contributed by atoms with E-state index in [-0.39, 0.29) is 15.6 Å². The zero-order chi connectivity index (χ0) is 21.9. The van der Waals surface area contributed by atoms with Gasteiger partial charge in [0, 0.05) is 0 Å². The predicted octanol–water partition coefficient (Wildman–Crippen LogP) is 1.00. The maximum Gasteiger partial charge on any atom is 0.294 e. The third-order valence-electron chi connectivity index (χ3n) is 4.29. The van der Waals surface area contributed by atoms with Crippen molar-refractivity contribution in [2.75, 3.05) is 10.9 Å². The molecule has 3 N–H and O–H groups in total. The maximum atomic E-state index is 12.6. The highest BCUT2D eigenvalue weighted by molar-refractivity contribution is 7.85. The molecule has 0 aliphatic heterocycles. The van der Waals surface area contributed by atoms with E-state index in [1.54, 1.807) is 0 Å². The van der Waals surface area contributed by atoms with Crippen LogP contribution in [0.4, 0.5) is 11.4 Å². The van der Waals surface area contributed by atoms with Gasteiger partial charge in [0.25, 0.3) is 10.1 Å². The average molecular weight is 426 g/mol. The first-order chi connectivity index (χ1) is 14.2. The molecule has 0 unspecified atom stereocenters. The number of anilines is 2. The Hall–Kier alpha value is -3.63. The van der Waals surface area contributed by atoms with Crippen LogP contribution in [0.25, 0.3) is 0 Å². The van der Waals surface area contributed by atoms with Gasteiger partial charge in [-0.05, 0) is 61.4 Å². The van der Waals surface area contributed by atoms with E-state index in [9.17, 15) is 18.0 Å². The summed E-state index contributed by atoms with van der Waals surface area (Å²) in [7, 11) is -4.30. The minimum atomic E-state index is -4.30. The van der Waals surface area contributed by atoms with Crippen LogP contribution < -0.4 is 32.4 Å². The molecule has 0 spiro atoms. The first-order valence-corrected chi connectivity index (χ1v) is 10.2. The highest BCUT2D eigenvalue weighted by atomic mass is 32.2. The molecule has 0 amide bonds. The zero-order valence-electron chi connectivity index (χ0n) is 16.1. The van der Waals surface area contributed by atoms with E-state index in [1.807, 2.05) is 32.0 Å². The monoisotopic (exact) mass is 426 g/mol. The van der Waals surface area contributed by atoms with Crippen molar-refractivity contribution in [2.24, 2.45) is 10.2 Å². The average Bonchev–Trinajstić information content (AvgIpc) is 2.69. The van der Waals surface area contributed by atoms with Crippen LogP contribution in [0.15, 0.2) is 79.3 Å². The number of aryl methyl sites for hydroxylation is 2. The van der Waals surface area contributed by atoms with Crippen LogP contribution >= 0.6 is 0 Å². The van der Waals surface area contributed by atoms with Gasteiger partial charge in [-0.2, -0.15) is 18.6 Å². The van der Waals surface area contributed by atoms with Crippen molar-refractivity contribution in [3.05, 3.63) is 96.9 Å². The Bertz CT molecular complexity index is 1400. The fourth-order valence-electron chi connectivity index (χ4n) is 2.67. The summed E-state index contributed by atoms with van der Waals surface area (Å²) in [5.41, 5.74) is 7.08. The van der Waals surface area contributed by atoms with Gasteiger partial charge in [-0.15, -0.1) is 0 Å². The molecule has 9 nitrogen and oxygen atoms in total. The standard InChI is InChI=1S/C20H18N4O5S/c1-12-4-3-5-13(2)18(12)23-24-19-17(25)11-10-16(20(19)26)22-21-14-6-8-15(9-7-14)30(27,28)29/h3-11,21,23H,1-2H3,(H,27,28,29)/b22-16+,24-19-. The van der Waals surface area contributed by atoms with Gasteiger partial charge in [0.05, 0.1) is 16.3 Å². The molecule has 0 aliphatic rings. The summed E-state index contributed by atoms with van der Waals surface area (Å²) >= 11 is 0. The molecule has 3 aromatic carbocycles. The third-order valence-corrected chi connectivity index (χ3v) is 5.16. The van der Waals surface area contributed by atoms with Gasteiger partial charge in [-0.1, -0.05) is 18.2 Å². The molecular formula is C20H18N4O5S. The number of rotatable bonds is 5. The van der Waals surface area contributed by atoms with Crippen molar-refractivity contribution < 1.29 is 13.0 Å². The van der Waals surface area contributed by atoms with Gasteiger partial charge >= 0.3 is 0 Å². The second-order valence-corrected chi connectivity index (χ2v) is 7.90. The molecule has 0 aromatic heterocycles. The van der Waals surface area contributed by atoms with Gasteiger partial charge < -0.3 is 0 Å². The molecule has 10 heteroatoms. The zero-order valence-corrected chi connectivity index (χ0v) is 16.9. The number of hydrogen-bond donors (Lipinski definition) is 3. The summed E-state index contributed by atoms with van der Waals surface area (Å²) in [4.78, 5) is 24.4. The van der Waals surface area contributed by atoms with Crippen LogP contribution in [-0.2, 0) is 10.1 Å².